The van der Waals surface area contributed by atoms with Crippen LogP contribution in [0.5, 0.6) is 0 Å². The number of benzene rings is 1. The average Bonchev–Trinajstić information content (AvgIpc) is 2.72. The van der Waals surface area contributed by atoms with Crippen molar-refractivity contribution in [3.8, 4) is 0 Å². The summed E-state index contributed by atoms with van der Waals surface area (Å²) in [6, 6.07) is 4.33. The molecule has 0 aromatic heterocycles. The Hall–Kier alpha value is -1.15. The van der Waals surface area contributed by atoms with E-state index in [-0.39, 0.29) is 22.9 Å². The van der Waals surface area contributed by atoms with Gasteiger partial charge >= 0.3 is 5.97 Å². The van der Waals surface area contributed by atoms with E-state index in [4.69, 9.17) is 16.7 Å². The number of aliphatic hydroxyl groups excluding tert-OH is 1. The Morgan fingerprint density at radius 1 is 1.42 bits per heavy atom. The fourth-order valence-electron chi connectivity index (χ4n) is 2.04. The lowest BCUT2D eigenvalue weighted by atomic mass is 10.2. The molecule has 1 unspecified atom stereocenters. The SMILES string of the molecule is O=C(O)[C@@H]1CC(O)CN1S(=O)(=O)c1cccc(Cl)c1. The molecule has 1 aliphatic rings. The monoisotopic (exact) mass is 305 g/mol. The predicted molar refractivity (Wildman–Crippen MR) is 67.4 cm³/mol. The first-order valence-electron chi connectivity index (χ1n) is 5.50. The van der Waals surface area contributed by atoms with Crippen LogP contribution in [0.2, 0.25) is 5.02 Å². The molecule has 1 heterocycles. The maximum absolute atomic E-state index is 12.3. The first-order valence-corrected chi connectivity index (χ1v) is 7.32. The van der Waals surface area contributed by atoms with Gasteiger partial charge in [-0.3, -0.25) is 4.79 Å². The molecule has 1 fully saturated rings. The van der Waals surface area contributed by atoms with Crippen LogP contribution in [-0.4, -0.2) is 47.6 Å². The number of hydrogen-bond donors (Lipinski definition) is 2. The number of sulfonamides is 1. The number of carboxylic acids is 1. The van der Waals surface area contributed by atoms with E-state index in [9.17, 15) is 18.3 Å². The molecule has 0 bridgehead atoms. The van der Waals surface area contributed by atoms with Crippen LogP contribution in [0.25, 0.3) is 0 Å². The lowest BCUT2D eigenvalue weighted by molar-refractivity contribution is -0.140. The van der Waals surface area contributed by atoms with Gasteiger partial charge in [0, 0.05) is 18.0 Å². The topological polar surface area (TPSA) is 94.9 Å². The lowest BCUT2D eigenvalue weighted by Crippen LogP contribution is -2.40. The van der Waals surface area contributed by atoms with Crippen LogP contribution in [0.4, 0.5) is 0 Å². The molecule has 0 saturated carbocycles. The summed E-state index contributed by atoms with van der Waals surface area (Å²) in [4.78, 5) is 11.0. The van der Waals surface area contributed by atoms with Gasteiger partial charge in [-0.15, -0.1) is 0 Å². The third kappa shape index (κ3) is 2.74. The zero-order valence-electron chi connectivity index (χ0n) is 9.73. The second kappa shape index (κ2) is 5.09. The van der Waals surface area contributed by atoms with Gasteiger partial charge in [-0.2, -0.15) is 4.31 Å². The van der Waals surface area contributed by atoms with Crippen molar-refractivity contribution in [3.63, 3.8) is 0 Å². The molecule has 8 heteroatoms. The Kier molecular flexibility index (Phi) is 3.82. The maximum atomic E-state index is 12.3. The van der Waals surface area contributed by atoms with Crippen molar-refractivity contribution < 1.29 is 23.4 Å². The molecule has 2 rings (SSSR count). The number of aliphatic hydroxyl groups is 1. The fourth-order valence-corrected chi connectivity index (χ4v) is 3.97. The van der Waals surface area contributed by atoms with Crippen molar-refractivity contribution in [2.24, 2.45) is 0 Å². The van der Waals surface area contributed by atoms with Crippen molar-refractivity contribution in [2.75, 3.05) is 6.54 Å². The Labute approximate surface area is 115 Å². The molecule has 1 saturated heterocycles. The van der Waals surface area contributed by atoms with E-state index < -0.39 is 28.1 Å². The summed E-state index contributed by atoms with van der Waals surface area (Å²) in [6.07, 6.45) is -1.09. The highest BCUT2D eigenvalue weighted by Crippen LogP contribution is 2.27. The Balaban J connectivity index is 2.41. The van der Waals surface area contributed by atoms with Crippen LogP contribution >= 0.6 is 11.6 Å². The lowest BCUT2D eigenvalue weighted by Gasteiger charge is -2.20. The normalized spacial score (nSPS) is 24.5. The molecule has 19 heavy (non-hydrogen) atoms. The minimum absolute atomic E-state index is 0.0830. The average molecular weight is 306 g/mol. The first kappa shape index (κ1) is 14.3. The molecular formula is C11H12ClNO5S. The van der Waals surface area contributed by atoms with E-state index in [0.717, 1.165) is 4.31 Å². The number of β-amino-alcohol motifs (C(OH)–C–C–N with tert-alkyl or cyclic N) is 1. The van der Waals surface area contributed by atoms with Crippen molar-refractivity contribution in [1.82, 2.24) is 4.31 Å². The third-order valence-electron chi connectivity index (χ3n) is 2.92. The number of aliphatic carboxylic acids is 1. The van der Waals surface area contributed by atoms with Crippen LogP contribution < -0.4 is 0 Å². The smallest absolute Gasteiger partial charge is 0.322 e. The van der Waals surface area contributed by atoms with E-state index in [1.807, 2.05) is 0 Å². The van der Waals surface area contributed by atoms with Crippen LogP contribution in [-0.2, 0) is 14.8 Å². The van der Waals surface area contributed by atoms with Crippen LogP contribution in [0.15, 0.2) is 29.2 Å². The van der Waals surface area contributed by atoms with Gasteiger partial charge in [0.2, 0.25) is 10.0 Å². The second-order valence-corrected chi connectivity index (χ2v) is 6.60. The second-order valence-electron chi connectivity index (χ2n) is 4.28. The molecule has 0 radical (unpaired) electrons. The van der Waals surface area contributed by atoms with Crippen LogP contribution in [0.3, 0.4) is 0 Å². The van der Waals surface area contributed by atoms with Gasteiger partial charge in [0.1, 0.15) is 6.04 Å². The molecule has 0 aliphatic carbocycles. The van der Waals surface area contributed by atoms with Gasteiger partial charge in [-0.25, -0.2) is 8.42 Å². The van der Waals surface area contributed by atoms with Gasteiger partial charge in [0.05, 0.1) is 11.0 Å². The van der Waals surface area contributed by atoms with Gasteiger partial charge in [-0.05, 0) is 18.2 Å². The summed E-state index contributed by atoms with van der Waals surface area (Å²) in [5, 5.41) is 18.8. The molecule has 104 valence electrons. The predicted octanol–water partition coefficient (Wildman–Crippen LogP) is 0.549. The van der Waals surface area contributed by atoms with Crippen LogP contribution in [0.1, 0.15) is 6.42 Å². The highest BCUT2D eigenvalue weighted by atomic mass is 35.5. The first-order chi connectivity index (χ1) is 8.82. The molecule has 1 aromatic rings. The number of hydrogen-bond acceptors (Lipinski definition) is 4. The minimum Gasteiger partial charge on any atom is -0.480 e. The van der Waals surface area contributed by atoms with E-state index >= 15 is 0 Å². The number of carboxylic acid groups (broad SMARTS) is 1. The number of halogens is 1. The zero-order valence-corrected chi connectivity index (χ0v) is 11.3. The van der Waals surface area contributed by atoms with E-state index in [2.05, 4.69) is 0 Å². The van der Waals surface area contributed by atoms with E-state index in [1.54, 1.807) is 0 Å². The third-order valence-corrected chi connectivity index (χ3v) is 5.03. The van der Waals surface area contributed by atoms with Gasteiger partial charge < -0.3 is 10.2 Å². The molecule has 2 atom stereocenters. The number of nitrogens with zero attached hydrogens (tertiary/aromatic N) is 1. The summed E-state index contributed by atoms with van der Waals surface area (Å²) >= 11 is 5.74. The molecule has 0 spiro atoms. The summed E-state index contributed by atoms with van der Waals surface area (Å²) in [7, 11) is -3.98. The molecule has 2 N–H and O–H groups in total. The zero-order chi connectivity index (χ0) is 14.2. The quantitative estimate of drug-likeness (QED) is 0.850. The molecule has 0 amide bonds. The van der Waals surface area contributed by atoms with E-state index in [1.165, 1.54) is 24.3 Å². The van der Waals surface area contributed by atoms with Crippen molar-refractivity contribution in [2.45, 2.75) is 23.5 Å². The minimum atomic E-state index is -3.98. The van der Waals surface area contributed by atoms with Gasteiger partial charge in [-0.1, -0.05) is 17.7 Å². The van der Waals surface area contributed by atoms with Gasteiger partial charge in [0.25, 0.3) is 0 Å². The van der Waals surface area contributed by atoms with Crippen molar-refractivity contribution >= 4 is 27.6 Å². The van der Waals surface area contributed by atoms with Crippen molar-refractivity contribution in [3.05, 3.63) is 29.3 Å². The largest absolute Gasteiger partial charge is 0.480 e. The van der Waals surface area contributed by atoms with Crippen LogP contribution in [0, 0.1) is 0 Å². The summed E-state index contributed by atoms with van der Waals surface area (Å²) in [6.45, 7) is -0.230. The standard InChI is InChI=1S/C11H12ClNO5S/c12-7-2-1-3-9(4-7)19(17,18)13-6-8(14)5-10(13)11(15)16/h1-4,8,10,14H,5-6H2,(H,15,16)/t8?,10-/m0/s1. The number of rotatable bonds is 3. The number of carbonyl (C=O) groups is 1. The maximum Gasteiger partial charge on any atom is 0.322 e. The highest BCUT2D eigenvalue weighted by molar-refractivity contribution is 7.89. The van der Waals surface area contributed by atoms with Crippen molar-refractivity contribution in [1.29, 1.82) is 0 Å². The summed E-state index contributed by atoms with van der Waals surface area (Å²) in [5.41, 5.74) is 0. The Morgan fingerprint density at radius 2 is 2.11 bits per heavy atom. The Bertz CT molecular complexity index is 603. The highest BCUT2D eigenvalue weighted by Gasteiger charge is 2.43. The van der Waals surface area contributed by atoms with E-state index in [0.29, 0.717) is 0 Å². The fraction of sp³-hybridized carbons (Fsp3) is 0.364. The van der Waals surface area contributed by atoms with Gasteiger partial charge in [0.15, 0.2) is 0 Å². The molecular weight excluding hydrogens is 294 g/mol. The molecule has 1 aliphatic heterocycles. The molecule has 1 aromatic carbocycles. The summed E-state index contributed by atoms with van der Waals surface area (Å²) in [5.74, 6) is -1.28. The summed E-state index contributed by atoms with van der Waals surface area (Å²) < 4.78 is 25.5. The molecule has 6 nitrogen and oxygen atoms in total. The Morgan fingerprint density at radius 3 is 2.68 bits per heavy atom.